The van der Waals surface area contributed by atoms with E-state index in [1.54, 1.807) is 23.6 Å². The Bertz CT molecular complexity index is 1060. The molecule has 1 unspecified atom stereocenters. The van der Waals surface area contributed by atoms with Crippen LogP contribution in [0, 0.1) is 0 Å². The molecule has 0 fully saturated rings. The SMILES string of the molecule is CC(Nc1nccc(-c2cc(C(=O)O)ccn2)n1)c1cn2ccsc2n1. The molecule has 9 heteroatoms. The van der Waals surface area contributed by atoms with Crippen LogP contribution in [0.4, 0.5) is 5.95 Å². The summed E-state index contributed by atoms with van der Waals surface area (Å²) in [7, 11) is 0. The van der Waals surface area contributed by atoms with Crippen molar-refractivity contribution in [2.24, 2.45) is 0 Å². The maximum absolute atomic E-state index is 11.1. The zero-order valence-corrected chi connectivity index (χ0v) is 14.5. The lowest BCUT2D eigenvalue weighted by Gasteiger charge is -2.11. The van der Waals surface area contributed by atoms with Crippen molar-refractivity contribution in [3.8, 4) is 11.4 Å². The minimum atomic E-state index is -1.01. The first-order valence-electron chi connectivity index (χ1n) is 7.81. The Hall–Kier alpha value is -3.33. The molecule has 4 heterocycles. The number of imidazole rings is 1. The Kier molecular flexibility index (Phi) is 4.05. The van der Waals surface area contributed by atoms with E-state index in [9.17, 15) is 4.79 Å². The maximum Gasteiger partial charge on any atom is 0.335 e. The van der Waals surface area contributed by atoms with Crippen molar-refractivity contribution in [2.75, 3.05) is 5.32 Å². The van der Waals surface area contributed by atoms with E-state index in [2.05, 4.69) is 25.3 Å². The lowest BCUT2D eigenvalue weighted by Crippen LogP contribution is -2.10. The molecule has 0 aliphatic rings. The summed E-state index contributed by atoms with van der Waals surface area (Å²) in [6.45, 7) is 1.98. The topological polar surface area (TPSA) is 105 Å². The van der Waals surface area contributed by atoms with E-state index in [4.69, 9.17) is 5.11 Å². The zero-order valence-electron chi connectivity index (χ0n) is 13.7. The number of hydrogen-bond acceptors (Lipinski definition) is 7. The molecule has 0 radical (unpaired) electrons. The number of hydrogen-bond donors (Lipinski definition) is 2. The van der Waals surface area contributed by atoms with Crippen LogP contribution in [0.5, 0.6) is 0 Å². The van der Waals surface area contributed by atoms with E-state index in [1.165, 1.54) is 18.3 Å². The number of thiazole rings is 1. The van der Waals surface area contributed by atoms with Crippen molar-refractivity contribution in [3.63, 3.8) is 0 Å². The fourth-order valence-electron chi connectivity index (χ4n) is 2.50. The number of carboxylic acid groups (broad SMARTS) is 1. The van der Waals surface area contributed by atoms with Crippen molar-refractivity contribution >= 4 is 28.2 Å². The molecule has 2 N–H and O–H groups in total. The summed E-state index contributed by atoms with van der Waals surface area (Å²) < 4.78 is 1.97. The second-order valence-corrected chi connectivity index (χ2v) is 6.50. The molecule has 26 heavy (non-hydrogen) atoms. The summed E-state index contributed by atoms with van der Waals surface area (Å²) in [5.41, 5.74) is 2.07. The first-order chi connectivity index (χ1) is 12.6. The van der Waals surface area contributed by atoms with Crippen LogP contribution in [-0.2, 0) is 0 Å². The molecular formula is C17H14N6O2S. The number of aromatic carboxylic acids is 1. The van der Waals surface area contributed by atoms with Crippen molar-refractivity contribution in [1.82, 2.24) is 24.3 Å². The number of pyridine rings is 1. The summed E-state index contributed by atoms with van der Waals surface area (Å²) in [6.07, 6.45) is 6.99. The Morgan fingerprint density at radius 2 is 2.08 bits per heavy atom. The van der Waals surface area contributed by atoms with E-state index < -0.39 is 5.97 Å². The van der Waals surface area contributed by atoms with Crippen molar-refractivity contribution in [3.05, 3.63) is 59.6 Å². The van der Waals surface area contributed by atoms with Gasteiger partial charge >= 0.3 is 5.97 Å². The van der Waals surface area contributed by atoms with Crippen molar-refractivity contribution in [2.45, 2.75) is 13.0 Å². The Morgan fingerprint density at radius 3 is 2.88 bits per heavy atom. The monoisotopic (exact) mass is 366 g/mol. The average Bonchev–Trinajstić information content (AvgIpc) is 3.24. The Labute approximate surface area is 152 Å². The van der Waals surface area contributed by atoms with Crippen molar-refractivity contribution in [1.29, 1.82) is 0 Å². The van der Waals surface area contributed by atoms with Crippen LogP contribution in [0.25, 0.3) is 16.3 Å². The molecule has 4 aromatic rings. The molecule has 0 saturated heterocycles. The minimum Gasteiger partial charge on any atom is -0.478 e. The molecule has 130 valence electrons. The lowest BCUT2D eigenvalue weighted by molar-refractivity contribution is 0.0697. The Balaban J connectivity index is 1.58. The highest BCUT2D eigenvalue weighted by atomic mass is 32.1. The van der Waals surface area contributed by atoms with Gasteiger partial charge in [-0.2, -0.15) is 0 Å². The third kappa shape index (κ3) is 3.11. The lowest BCUT2D eigenvalue weighted by atomic mass is 10.2. The van der Waals surface area contributed by atoms with Gasteiger partial charge in [0.2, 0.25) is 5.95 Å². The van der Waals surface area contributed by atoms with Crippen LogP contribution >= 0.6 is 11.3 Å². The second kappa shape index (κ2) is 6.52. The van der Waals surface area contributed by atoms with Crippen LogP contribution in [0.1, 0.15) is 29.0 Å². The number of carbonyl (C=O) groups is 1. The number of rotatable bonds is 5. The predicted octanol–water partition coefficient (Wildman–Crippen LogP) is 3.12. The fraction of sp³-hybridized carbons (Fsp3) is 0.118. The van der Waals surface area contributed by atoms with Gasteiger partial charge in [-0.15, -0.1) is 11.3 Å². The van der Waals surface area contributed by atoms with E-state index in [0.29, 0.717) is 17.3 Å². The van der Waals surface area contributed by atoms with E-state index in [1.807, 2.05) is 29.1 Å². The maximum atomic E-state index is 11.1. The molecule has 0 spiro atoms. The van der Waals surface area contributed by atoms with E-state index in [0.717, 1.165) is 10.7 Å². The first kappa shape index (κ1) is 16.2. The number of anilines is 1. The van der Waals surface area contributed by atoms with Crippen LogP contribution in [0.3, 0.4) is 0 Å². The van der Waals surface area contributed by atoms with E-state index in [-0.39, 0.29) is 11.6 Å². The molecule has 8 nitrogen and oxygen atoms in total. The average molecular weight is 366 g/mol. The largest absolute Gasteiger partial charge is 0.478 e. The number of carboxylic acids is 1. The molecule has 0 amide bonds. The molecule has 4 rings (SSSR count). The number of fused-ring (bicyclic) bond motifs is 1. The summed E-state index contributed by atoms with van der Waals surface area (Å²) >= 11 is 1.57. The minimum absolute atomic E-state index is 0.0873. The quantitative estimate of drug-likeness (QED) is 0.559. The smallest absolute Gasteiger partial charge is 0.335 e. The van der Waals surface area contributed by atoms with Gasteiger partial charge in [-0.05, 0) is 25.1 Å². The van der Waals surface area contributed by atoms with Crippen LogP contribution in [0.2, 0.25) is 0 Å². The highest BCUT2D eigenvalue weighted by Gasteiger charge is 2.13. The first-order valence-corrected chi connectivity index (χ1v) is 8.69. The van der Waals surface area contributed by atoms with Gasteiger partial charge in [0.25, 0.3) is 0 Å². The van der Waals surface area contributed by atoms with Gasteiger partial charge in [-0.3, -0.25) is 9.38 Å². The molecule has 0 aliphatic carbocycles. The van der Waals surface area contributed by atoms with E-state index >= 15 is 0 Å². The highest BCUT2D eigenvalue weighted by molar-refractivity contribution is 7.15. The molecular weight excluding hydrogens is 352 g/mol. The van der Waals surface area contributed by atoms with Gasteiger partial charge in [0.1, 0.15) is 0 Å². The summed E-state index contributed by atoms with van der Waals surface area (Å²) in [4.78, 5) is 29.5. The summed E-state index contributed by atoms with van der Waals surface area (Å²) in [5, 5.41) is 14.3. The van der Waals surface area contributed by atoms with Crippen LogP contribution < -0.4 is 5.32 Å². The van der Waals surface area contributed by atoms with Crippen molar-refractivity contribution < 1.29 is 9.90 Å². The highest BCUT2D eigenvalue weighted by Crippen LogP contribution is 2.21. The van der Waals surface area contributed by atoms with Crippen LogP contribution in [-0.4, -0.2) is 35.4 Å². The standard InChI is InChI=1S/C17H14N6O2S/c1-10(14-9-23-6-7-26-17(23)22-14)20-16-19-5-3-12(21-16)13-8-11(15(24)25)2-4-18-13/h2-10H,1H3,(H,24,25)(H,19,20,21). The van der Waals surface area contributed by atoms with Crippen LogP contribution in [0.15, 0.2) is 48.4 Å². The Morgan fingerprint density at radius 1 is 1.23 bits per heavy atom. The fourth-order valence-corrected chi connectivity index (χ4v) is 3.20. The zero-order chi connectivity index (χ0) is 18.1. The molecule has 0 aromatic carbocycles. The summed E-state index contributed by atoms with van der Waals surface area (Å²) in [6, 6.07) is 4.53. The van der Waals surface area contributed by atoms with Gasteiger partial charge in [0, 0.05) is 30.2 Å². The normalized spacial score (nSPS) is 12.2. The third-order valence-electron chi connectivity index (χ3n) is 3.83. The molecule has 4 aromatic heterocycles. The molecule has 0 bridgehead atoms. The summed E-state index contributed by atoms with van der Waals surface area (Å²) in [5.74, 6) is -0.580. The van der Waals surface area contributed by atoms with Gasteiger partial charge in [0.15, 0.2) is 4.96 Å². The molecule has 1 atom stereocenters. The van der Waals surface area contributed by atoms with Gasteiger partial charge in [-0.25, -0.2) is 19.7 Å². The van der Waals surface area contributed by atoms with Gasteiger partial charge in [0.05, 0.1) is 28.7 Å². The number of nitrogens with one attached hydrogen (secondary N) is 1. The third-order valence-corrected chi connectivity index (χ3v) is 4.60. The van der Waals surface area contributed by atoms with Gasteiger partial charge in [-0.1, -0.05) is 0 Å². The number of aromatic nitrogens is 5. The molecule has 0 aliphatic heterocycles. The number of nitrogens with zero attached hydrogens (tertiary/aromatic N) is 5. The predicted molar refractivity (Wildman–Crippen MR) is 97.3 cm³/mol. The second-order valence-electron chi connectivity index (χ2n) is 5.63. The van der Waals surface area contributed by atoms with Gasteiger partial charge < -0.3 is 10.4 Å². The molecule has 0 saturated carbocycles.